The van der Waals surface area contributed by atoms with Gasteiger partial charge in [-0.15, -0.1) is 0 Å². The van der Waals surface area contributed by atoms with E-state index in [0.717, 1.165) is 6.07 Å². The molecule has 0 saturated heterocycles. The Bertz CT molecular complexity index is 1120. The molecule has 2 aromatic carbocycles. The highest BCUT2D eigenvalue weighted by Gasteiger charge is 2.40. The van der Waals surface area contributed by atoms with Crippen molar-refractivity contribution >= 4 is 16.9 Å². The first-order valence-corrected chi connectivity index (χ1v) is 8.96. The predicted molar refractivity (Wildman–Crippen MR) is 102 cm³/mol. The van der Waals surface area contributed by atoms with Gasteiger partial charge in [0.05, 0.1) is 5.39 Å². The molecule has 1 atom stereocenters. The van der Waals surface area contributed by atoms with E-state index in [1.165, 1.54) is 24.3 Å². The van der Waals surface area contributed by atoms with Crippen molar-refractivity contribution in [2.24, 2.45) is 11.7 Å². The van der Waals surface area contributed by atoms with Crippen LogP contribution in [0.4, 0.5) is 13.2 Å². The van der Waals surface area contributed by atoms with Crippen LogP contribution in [0, 0.1) is 5.92 Å². The number of nitrogens with two attached hydrogens (primary N) is 1. The number of rotatable bonds is 5. The Morgan fingerprint density at radius 1 is 1.07 bits per heavy atom. The van der Waals surface area contributed by atoms with Crippen LogP contribution < -0.4 is 20.6 Å². The van der Waals surface area contributed by atoms with E-state index in [9.17, 15) is 22.8 Å². The fraction of sp³-hybridized carbons (Fsp3) is 0.238. The van der Waals surface area contributed by atoms with Crippen molar-refractivity contribution in [1.29, 1.82) is 0 Å². The van der Waals surface area contributed by atoms with Crippen LogP contribution >= 0.6 is 0 Å². The molecule has 0 aliphatic rings. The van der Waals surface area contributed by atoms with Crippen molar-refractivity contribution < 1.29 is 31.9 Å². The first-order valence-electron chi connectivity index (χ1n) is 8.96. The number of esters is 1. The Morgan fingerprint density at radius 2 is 1.73 bits per heavy atom. The molecule has 1 heterocycles. The molecule has 6 nitrogen and oxygen atoms in total. The van der Waals surface area contributed by atoms with Crippen molar-refractivity contribution in [1.82, 2.24) is 0 Å². The van der Waals surface area contributed by atoms with E-state index in [0.29, 0.717) is 0 Å². The minimum absolute atomic E-state index is 0.0443. The van der Waals surface area contributed by atoms with Crippen LogP contribution in [0.3, 0.4) is 0 Å². The monoisotopic (exact) mass is 421 g/mol. The summed E-state index contributed by atoms with van der Waals surface area (Å²) in [7, 11) is 0. The zero-order valence-corrected chi connectivity index (χ0v) is 16.0. The number of hydrogen-bond donors (Lipinski definition) is 1. The average Bonchev–Trinajstić information content (AvgIpc) is 2.69. The molecular weight excluding hydrogens is 403 g/mol. The molecule has 9 heteroatoms. The normalized spacial score (nSPS) is 12.8. The third-order valence-corrected chi connectivity index (χ3v) is 4.25. The molecule has 0 bridgehead atoms. The SMILES string of the molecule is CC(C)C(N)C(=O)Oc1ccc2c(=O)c(Oc3ccccc3)c(C(F)(F)F)oc2c1. The van der Waals surface area contributed by atoms with Gasteiger partial charge in [0.2, 0.25) is 11.2 Å². The van der Waals surface area contributed by atoms with E-state index in [1.807, 2.05) is 0 Å². The fourth-order valence-electron chi connectivity index (χ4n) is 2.56. The minimum atomic E-state index is -5.00. The molecule has 0 radical (unpaired) electrons. The number of benzene rings is 2. The van der Waals surface area contributed by atoms with Crippen molar-refractivity contribution in [3.8, 4) is 17.2 Å². The quantitative estimate of drug-likeness (QED) is 0.482. The number of para-hydroxylation sites is 1. The number of halogens is 3. The maximum atomic E-state index is 13.5. The van der Waals surface area contributed by atoms with E-state index in [-0.39, 0.29) is 22.8 Å². The lowest BCUT2D eigenvalue weighted by Crippen LogP contribution is -2.38. The van der Waals surface area contributed by atoms with Crippen LogP contribution in [-0.2, 0) is 11.0 Å². The molecule has 0 aliphatic heterocycles. The van der Waals surface area contributed by atoms with E-state index in [4.69, 9.17) is 19.6 Å². The van der Waals surface area contributed by atoms with E-state index < -0.39 is 40.7 Å². The van der Waals surface area contributed by atoms with E-state index >= 15 is 0 Å². The predicted octanol–water partition coefficient (Wildman–Crippen LogP) is 4.49. The highest BCUT2D eigenvalue weighted by atomic mass is 19.4. The number of hydrogen-bond acceptors (Lipinski definition) is 6. The topological polar surface area (TPSA) is 91.8 Å². The van der Waals surface area contributed by atoms with Crippen molar-refractivity contribution in [3.05, 3.63) is 64.5 Å². The maximum Gasteiger partial charge on any atom is 0.453 e. The highest BCUT2D eigenvalue weighted by Crippen LogP contribution is 2.38. The lowest BCUT2D eigenvalue weighted by Gasteiger charge is -2.15. The van der Waals surface area contributed by atoms with Gasteiger partial charge >= 0.3 is 12.1 Å². The van der Waals surface area contributed by atoms with Crippen LogP contribution in [0.15, 0.2) is 57.7 Å². The molecule has 158 valence electrons. The van der Waals surface area contributed by atoms with E-state index in [1.54, 1.807) is 32.0 Å². The number of carbonyl (C=O) groups is 1. The first-order chi connectivity index (χ1) is 14.1. The maximum absolute atomic E-state index is 13.5. The fourth-order valence-corrected chi connectivity index (χ4v) is 2.56. The molecule has 2 N–H and O–H groups in total. The van der Waals surface area contributed by atoms with Gasteiger partial charge in [0.25, 0.3) is 5.76 Å². The summed E-state index contributed by atoms with van der Waals surface area (Å²) in [6, 6.07) is 10.1. The second-order valence-corrected chi connectivity index (χ2v) is 6.85. The van der Waals surface area contributed by atoms with Gasteiger partial charge in [0.15, 0.2) is 0 Å². The molecule has 1 unspecified atom stereocenters. The summed E-state index contributed by atoms with van der Waals surface area (Å²) >= 11 is 0. The zero-order chi connectivity index (χ0) is 22.1. The van der Waals surface area contributed by atoms with E-state index in [2.05, 4.69) is 0 Å². The summed E-state index contributed by atoms with van der Waals surface area (Å²) in [6.45, 7) is 3.43. The minimum Gasteiger partial charge on any atom is -0.449 e. The zero-order valence-electron chi connectivity index (χ0n) is 16.0. The summed E-state index contributed by atoms with van der Waals surface area (Å²) in [5, 5.41) is -0.165. The summed E-state index contributed by atoms with van der Waals surface area (Å²) in [6.07, 6.45) is -5.00. The molecule has 0 saturated carbocycles. The van der Waals surface area contributed by atoms with Crippen LogP contribution in [0.5, 0.6) is 17.2 Å². The number of ether oxygens (including phenoxy) is 2. The Kier molecular flexibility index (Phi) is 5.84. The lowest BCUT2D eigenvalue weighted by atomic mass is 10.1. The molecule has 0 spiro atoms. The summed E-state index contributed by atoms with van der Waals surface area (Å²) < 4.78 is 55.9. The lowest BCUT2D eigenvalue weighted by molar-refractivity contribution is -0.154. The molecule has 30 heavy (non-hydrogen) atoms. The molecule has 0 aliphatic carbocycles. The summed E-state index contributed by atoms with van der Waals surface area (Å²) in [4.78, 5) is 24.7. The van der Waals surface area contributed by atoms with Gasteiger partial charge in [-0.25, -0.2) is 4.79 Å². The van der Waals surface area contributed by atoms with Gasteiger partial charge in [-0.2, -0.15) is 13.2 Å². The van der Waals surface area contributed by atoms with Gasteiger partial charge in [-0.3, -0.25) is 4.79 Å². The van der Waals surface area contributed by atoms with Crippen molar-refractivity contribution in [2.45, 2.75) is 26.1 Å². The first kappa shape index (κ1) is 21.4. The van der Waals surface area contributed by atoms with Crippen LogP contribution in [0.25, 0.3) is 11.0 Å². The summed E-state index contributed by atoms with van der Waals surface area (Å²) in [5.74, 6) is -3.59. The van der Waals surface area contributed by atoms with Crippen molar-refractivity contribution in [3.63, 3.8) is 0 Å². The molecule has 0 fully saturated rings. The largest absolute Gasteiger partial charge is 0.453 e. The van der Waals surface area contributed by atoms with Crippen LogP contribution in [0.2, 0.25) is 0 Å². The Balaban J connectivity index is 2.08. The molecule has 0 amide bonds. The number of carbonyl (C=O) groups excluding carboxylic acids is 1. The second kappa shape index (κ2) is 8.19. The highest BCUT2D eigenvalue weighted by molar-refractivity contribution is 5.82. The second-order valence-electron chi connectivity index (χ2n) is 6.85. The smallest absolute Gasteiger partial charge is 0.449 e. The molecule has 3 aromatic rings. The molecular formula is C21H18F3NO5. The van der Waals surface area contributed by atoms with Gasteiger partial charge in [-0.05, 0) is 30.2 Å². The van der Waals surface area contributed by atoms with Gasteiger partial charge in [0, 0.05) is 6.07 Å². The van der Waals surface area contributed by atoms with Crippen molar-refractivity contribution in [2.75, 3.05) is 0 Å². The Hall–Kier alpha value is -3.33. The third-order valence-electron chi connectivity index (χ3n) is 4.25. The third kappa shape index (κ3) is 4.46. The standard InChI is InChI=1S/C21H18F3NO5/c1-11(2)16(25)20(27)29-13-8-9-14-15(10-13)30-19(21(22,23)24)18(17(14)26)28-12-6-4-3-5-7-12/h3-11,16H,25H2,1-2H3. The summed E-state index contributed by atoms with van der Waals surface area (Å²) in [5.41, 5.74) is 4.29. The van der Waals surface area contributed by atoms with Crippen LogP contribution in [0.1, 0.15) is 19.6 Å². The number of fused-ring (bicyclic) bond motifs is 1. The van der Waals surface area contributed by atoms with Gasteiger partial charge in [-0.1, -0.05) is 32.0 Å². The number of alkyl halides is 3. The van der Waals surface area contributed by atoms with Gasteiger partial charge in [0.1, 0.15) is 23.1 Å². The Morgan fingerprint density at radius 3 is 2.33 bits per heavy atom. The average molecular weight is 421 g/mol. The Labute approximate surface area is 169 Å². The molecule has 1 aromatic heterocycles. The molecule has 3 rings (SSSR count). The van der Waals surface area contributed by atoms with Crippen LogP contribution in [-0.4, -0.2) is 12.0 Å². The van der Waals surface area contributed by atoms with Gasteiger partial charge < -0.3 is 19.6 Å².